The van der Waals surface area contributed by atoms with Crippen LogP contribution >= 0.6 is 11.3 Å². The van der Waals surface area contributed by atoms with Gasteiger partial charge in [0.25, 0.3) is 0 Å². The molecule has 2 aromatic carbocycles. The monoisotopic (exact) mass is 371 g/mol. The van der Waals surface area contributed by atoms with Gasteiger partial charge in [-0.05, 0) is 17.7 Å². The standard InChI is InChI=1S/C22H17N3OS/c26-21(13-19-15-27-22(24-19)17-9-5-2-6-10-17)25-20-12-11-18(14-23-20)16-7-3-1-4-8-16/h1-12,14-15H,13H2,(H,23,25,26). The number of nitrogens with one attached hydrogen (secondary N) is 1. The molecule has 0 saturated carbocycles. The lowest BCUT2D eigenvalue weighted by atomic mass is 10.1. The molecule has 1 N–H and O–H groups in total. The smallest absolute Gasteiger partial charge is 0.231 e. The summed E-state index contributed by atoms with van der Waals surface area (Å²) >= 11 is 1.54. The minimum atomic E-state index is -0.125. The van der Waals surface area contributed by atoms with Crippen molar-refractivity contribution in [2.45, 2.75) is 6.42 Å². The molecule has 0 bridgehead atoms. The van der Waals surface area contributed by atoms with Crippen molar-refractivity contribution in [2.24, 2.45) is 0 Å². The van der Waals surface area contributed by atoms with Crippen LogP contribution in [0.3, 0.4) is 0 Å². The van der Waals surface area contributed by atoms with Gasteiger partial charge < -0.3 is 5.32 Å². The summed E-state index contributed by atoms with van der Waals surface area (Å²) in [6.45, 7) is 0. The molecule has 0 aliphatic carbocycles. The van der Waals surface area contributed by atoms with Crippen molar-refractivity contribution in [3.63, 3.8) is 0 Å². The van der Waals surface area contributed by atoms with Crippen LogP contribution in [0.1, 0.15) is 5.69 Å². The van der Waals surface area contributed by atoms with Crippen LogP contribution in [0.25, 0.3) is 21.7 Å². The molecule has 0 radical (unpaired) electrons. The first-order valence-corrected chi connectivity index (χ1v) is 9.47. The van der Waals surface area contributed by atoms with Gasteiger partial charge in [-0.2, -0.15) is 0 Å². The van der Waals surface area contributed by atoms with Crippen LogP contribution in [0.15, 0.2) is 84.4 Å². The third-order valence-electron chi connectivity index (χ3n) is 4.05. The average molecular weight is 371 g/mol. The molecular formula is C22H17N3OS. The van der Waals surface area contributed by atoms with Crippen molar-refractivity contribution >= 4 is 23.1 Å². The number of pyridine rings is 1. The van der Waals surface area contributed by atoms with Gasteiger partial charge in [0.05, 0.1) is 12.1 Å². The van der Waals surface area contributed by atoms with Crippen molar-refractivity contribution in [1.82, 2.24) is 9.97 Å². The maximum atomic E-state index is 12.3. The van der Waals surface area contributed by atoms with Crippen LogP contribution in [-0.2, 0) is 11.2 Å². The van der Waals surface area contributed by atoms with Crippen LogP contribution in [0.5, 0.6) is 0 Å². The number of anilines is 1. The number of carbonyl (C=O) groups is 1. The van der Waals surface area contributed by atoms with E-state index in [0.717, 1.165) is 27.4 Å². The Kier molecular flexibility index (Phi) is 5.03. The lowest BCUT2D eigenvalue weighted by Gasteiger charge is -2.05. The van der Waals surface area contributed by atoms with Crippen molar-refractivity contribution < 1.29 is 4.79 Å². The molecule has 0 saturated heterocycles. The SMILES string of the molecule is O=C(Cc1csc(-c2ccccc2)n1)Nc1ccc(-c2ccccc2)cn1. The molecule has 0 fully saturated rings. The van der Waals surface area contributed by atoms with Gasteiger partial charge in [-0.25, -0.2) is 9.97 Å². The highest BCUT2D eigenvalue weighted by Gasteiger charge is 2.10. The highest BCUT2D eigenvalue weighted by Crippen LogP contribution is 2.24. The van der Waals surface area contributed by atoms with Crippen molar-refractivity contribution in [3.05, 3.63) is 90.1 Å². The number of thiazole rings is 1. The maximum Gasteiger partial charge on any atom is 0.231 e. The van der Waals surface area contributed by atoms with E-state index < -0.39 is 0 Å². The number of rotatable bonds is 5. The summed E-state index contributed by atoms with van der Waals surface area (Å²) in [6.07, 6.45) is 1.99. The molecule has 1 amide bonds. The molecule has 2 heterocycles. The van der Waals surface area contributed by atoms with Crippen LogP contribution in [-0.4, -0.2) is 15.9 Å². The first-order chi connectivity index (χ1) is 13.3. The van der Waals surface area contributed by atoms with Gasteiger partial charge in [0.15, 0.2) is 0 Å². The second kappa shape index (κ2) is 7.93. The number of amides is 1. The number of hydrogen-bond donors (Lipinski definition) is 1. The van der Waals surface area contributed by atoms with E-state index in [4.69, 9.17) is 0 Å². The zero-order valence-electron chi connectivity index (χ0n) is 14.5. The third-order valence-corrected chi connectivity index (χ3v) is 4.99. The number of carbonyl (C=O) groups excluding carboxylic acids is 1. The van der Waals surface area contributed by atoms with Crippen LogP contribution < -0.4 is 5.32 Å². The lowest BCUT2D eigenvalue weighted by molar-refractivity contribution is -0.115. The van der Waals surface area contributed by atoms with Gasteiger partial charge >= 0.3 is 0 Å². The topological polar surface area (TPSA) is 54.9 Å². The minimum Gasteiger partial charge on any atom is -0.310 e. The number of benzene rings is 2. The number of hydrogen-bond acceptors (Lipinski definition) is 4. The van der Waals surface area contributed by atoms with E-state index in [-0.39, 0.29) is 12.3 Å². The second-order valence-corrected chi connectivity index (χ2v) is 6.89. The Labute approximate surface area is 161 Å². The molecule has 5 heteroatoms. The molecule has 132 valence electrons. The Morgan fingerprint density at radius 3 is 2.22 bits per heavy atom. The molecule has 4 aromatic rings. The summed E-state index contributed by atoms with van der Waals surface area (Å²) in [7, 11) is 0. The van der Waals surface area contributed by atoms with Crippen molar-refractivity contribution in [3.8, 4) is 21.7 Å². The summed E-state index contributed by atoms with van der Waals surface area (Å²) in [4.78, 5) is 21.2. The number of aromatic nitrogens is 2. The maximum absolute atomic E-state index is 12.3. The molecule has 0 spiro atoms. The van der Waals surface area contributed by atoms with E-state index in [1.165, 1.54) is 0 Å². The molecule has 0 unspecified atom stereocenters. The Hall–Kier alpha value is -3.31. The summed E-state index contributed by atoms with van der Waals surface area (Å²) in [5.41, 5.74) is 3.93. The molecule has 4 rings (SSSR count). The van der Waals surface area contributed by atoms with E-state index in [2.05, 4.69) is 15.3 Å². The highest BCUT2D eigenvalue weighted by molar-refractivity contribution is 7.13. The quantitative estimate of drug-likeness (QED) is 0.534. The van der Waals surface area contributed by atoms with Crippen LogP contribution in [0.2, 0.25) is 0 Å². The Bertz CT molecular complexity index is 1030. The molecule has 4 nitrogen and oxygen atoms in total. The van der Waals surface area contributed by atoms with Crippen molar-refractivity contribution in [1.29, 1.82) is 0 Å². The predicted molar refractivity (Wildman–Crippen MR) is 110 cm³/mol. The van der Waals surface area contributed by atoms with E-state index in [9.17, 15) is 4.79 Å². The first kappa shape index (κ1) is 17.1. The van der Waals surface area contributed by atoms with Crippen molar-refractivity contribution in [2.75, 3.05) is 5.32 Å². The fourth-order valence-corrected chi connectivity index (χ4v) is 3.55. The molecule has 0 atom stereocenters. The normalized spacial score (nSPS) is 10.5. The van der Waals surface area contributed by atoms with Gasteiger partial charge in [-0.1, -0.05) is 60.7 Å². The van der Waals surface area contributed by atoms with Crippen LogP contribution in [0, 0.1) is 0 Å². The number of nitrogens with zero attached hydrogens (tertiary/aromatic N) is 2. The second-order valence-electron chi connectivity index (χ2n) is 6.03. The van der Waals surface area contributed by atoms with Gasteiger partial charge in [-0.15, -0.1) is 11.3 Å². The largest absolute Gasteiger partial charge is 0.310 e. The first-order valence-electron chi connectivity index (χ1n) is 8.59. The van der Waals surface area contributed by atoms with E-state index in [0.29, 0.717) is 5.82 Å². The van der Waals surface area contributed by atoms with Gasteiger partial charge in [-0.3, -0.25) is 4.79 Å². The highest BCUT2D eigenvalue weighted by atomic mass is 32.1. The zero-order chi connectivity index (χ0) is 18.5. The predicted octanol–water partition coefficient (Wildman–Crippen LogP) is 5.05. The Balaban J connectivity index is 1.39. The summed E-state index contributed by atoms with van der Waals surface area (Å²) in [5.74, 6) is 0.415. The van der Waals surface area contributed by atoms with Gasteiger partial charge in [0.1, 0.15) is 10.8 Å². The Morgan fingerprint density at radius 1 is 0.852 bits per heavy atom. The lowest BCUT2D eigenvalue weighted by Crippen LogP contribution is -2.15. The molecule has 0 aliphatic rings. The Morgan fingerprint density at radius 2 is 1.56 bits per heavy atom. The van der Waals surface area contributed by atoms with E-state index in [1.807, 2.05) is 78.2 Å². The zero-order valence-corrected chi connectivity index (χ0v) is 15.3. The molecular weight excluding hydrogens is 354 g/mol. The van der Waals surface area contributed by atoms with Crippen LogP contribution in [0.4, 0.5) is 5.82 Å². The fourth-order valence-electron chi connectivity index (χ4n) is 2.72. The minimum absolute atomic E-state index is 0.125. The van der Waals surface area contributed by atoms with E-state index >= 15 is 0 Å². The molecule has 27 heavy (non-hydrogen) atoms. The molecule has 2 aromatic heterocycles. The molecule has 0 aliphatic heterocycles. The van der Waals surface area contributed by atoms with Gasteiger partial charge in [0, 0.05) is 22.7 Å². The summed E-state index contributed by atoms with van der Waals surface area (Å²) in [6, 6.07) is 23.7. The fraction of sp³-hybridized carbons (Fsp3) is 0.0455. The summed E-state index contributed by atoms with van der Waals surface area (Å²) in [5, 5.41) is 5.68. The van der Waals surface area contributed by atoms with Gasteiger partial charge in [0.2, 0.25) is 5.91 Å². The van der Waals surface area contributed by atoms with E-state index in [1.54, 1.807) is 17.5 Å². The average Bonchev–Trinajstić information content (AvgIpc) is 3.18. The summed E-state index contributed by atoms with van der Waals surface area (Å²) < 4.78 is 0. The third kappa shape index (κ3) is 4.27.